The van der Waals surface area contributed by atoms with Crippen LogP contribution in [0.5, 0.6) is 0 Å². The van der Waals surface area contributed by atoms with E-state index in [1.807, 2.05) is 0 Å². The van der Waals surface area contributed by atoms with Crippen molar-refractivity contribution >= 4 is 5.91 Å². The van der Waals surface area contributed by atoms with Gasteiger partial charge in [-0.1, -0.05) is 6.58 Å². The van der Waals surface area contributed by atoms with Crippen LogP contribution in [0.15, 0.2) is 12.7 Å². The Bertz CT molecular complexity index is 126. The Hall–Kier alpha value is -0.870. The normalized spacial score (nSPS) is 9.18. The fraction of sp³-hybridized carbons (Fsp3) is 0.571. The average Bonchev–Trinajstić information content (AvgIpc) is 2.04. The van der Waals surface area contributed by atoms with Crippen molar-refractivity contribution in [2.24, 2.45) is 5.73 Å². The maximum Gasteiger partial charge on any atom is 0.243 e. The van der Waals surface area contributed by atoms with Gasteiger partial charge in [0.15, 0.2) is 0 Å². The van der Waals surface area contributed by atoms with Crippen LogP contribution in [0.3, 0.4) is 0 Å². The van der Waals surface area contributed by atoms with Crippen LogP contribution in [0.1, 0.15) is 0 Å². The van der Waals surface area contributed by atoms with E-state index in [4.69, 9.17) is 10.5 Å². The zero-order valence-corrected chi connectivity index (χ0v) is 6.51. The maximum atomic E-state index is 10.5. The van der Waals surface area contributed by atoms with Gasteiger partial charge in [0.2, 0.25) is 5.91 Å². The van der Waals surface area contributed by atoms with Gasteiger partial charge in [0.1, 0.15) is 0 Å². The molecule has 0 heterocycles. The largest absolute Gasteiger partial charge is 0.378 e. The van der Waals surface area contributed by atoms with Crippen molar-refractivity contribution in [3.05, 3.63) is 12.7 Å². The zero-order valence-electron chi connectivity index (χ0n) is 6.51. The minimum atomic E-state index is -0.179. The molecular formula is C7H14N2O2. The van der Waals surface area contributed by atoms with E-state index in [-0.39, 0.29) is 5.91 Å². The Balaban J connectivity index is 3.01. The standard InChI is InChI=1S/C7H14N2O2/c1-2-7(10)9-4-6-11-5-3-8/h2H,1,3-6,8H2,(H,9,10). The molecule has 4 heteroatoms. The van der Waals surface area contributed by atoms with Crippen molar-refractivity contribution in [2.75, 3.05) is 26.3 Å². The van der Waals surface area contributed by atoms with Gasteiger partial charge < -0.3 is 15.8 Å². The fourth-order valence-corrected chi connectivity index (χ4v) is 0.504. The maximum absolute atomic E-state index is 10.5. The van der Waals surface area contributed by atoms with E-state index in [2.05, 4.69) is 11.9 Å². The highest BCUT2D eigenvalue weighted by Crippen LogP contribution is 1.71. The fourth-order valence-electron chi connectivity index (χ4n) is 0.504. The van der Waals surface area contributed by atoms with Crippen molar-refractivity contribution in [1.82, 2.24) is 5.32 Å². The Labute approximate surface area is 66.4 Å². The van der Waals surface area contributed by atoms with E-state index in [0.29, 0.717) is 26.3 Å². The monoisotopic (exact) mass is 158 g/mol. The van der Waals surface area contributed by atoms with Crippen molar-refractivity contribution in [3.8, 4) is 0 Å². The number of rotatable bonds is 6. The molecule has 0 radical (unpaired) electrons. The number of nitrogens with one attached hydrogen (secondary N) is 1. The van der Waals surface area contributed by atoms with Gasteiger partial charge in [-0.15, -0.1) is 0 Å². The number of carbonyl (C=O) groups excluding carboxylic acids is 1. The van der Waals surface area contributed by atoms with Gasteiger partial charge >= 0.3 is 0 Å². The Morgan fingerprint density at radius 2 is 2.36 bits per heavy atom. The lowest BCUT2D eigenvalue weighted by Crippen LogP contribution is -2.25. The van der Waals surface area contributed by atoms with Crippen molar-refractivity contribution in [2.45, 2.75) is 0 Å². The predicted octanol–water partition coefficient (Wildman–Crippen LogP) is -0.736. The summed E-state index contributed by atoms with van der Waals surface area (Å²) in [5, 5.41) is 2.57. The Morgan fingerprint density at radius 1 is 1.64 bits per heavy atom. The second kappa shape index (κ2) is 7.24. The number of amides is 1. The molecule has 4 nitrogen and oxygen atoms in total. The molecule has 64 valence electrons. The van der Waals surface area contributed by atoms with Crippen molar-refractivity contribution < 1.29 is 9.53 Å². The minimum absolute atomic E-state index is 0.179. The molecule has 0 saturated carbocycles. The van der Waals surface area contributed by atoms with E-state index >= 15 is 0 Å². The zero-order chi connectivity index (χ0) is 8.53. The Kier molecular flexibility index (Phi) is 6.67. The summed E-state index contributed by atoms with van der Waals surface area (Å²) >= 11 is 0. The summed E-state index contributed by atoms with van der Waals surface area (Å²) in [6, 6.07) is 0. The molecule has 0 aliphatic heterocycles. The average molecular weight is 158 g/mol. The van der Waals surface area contributed by atoms with Crippen molar-refractivity contribution in [1.29, 1.82) is 0 Å². The van der Waals surface area contributed by atoms with Crippen LogP contribution in [0.4, 0.5) is 0 Å². The molecule has 0 aromatic carbocycles. The number of ether oxygens (including phenoxy) is 1. The third-order valence-corrected chi connectivity index (χ3v) is 0.993. The van der Waals surface area contributed by atoms with E-state index < -0.39 is 0 Å². The number of hydrogen-bond donors (Lipinski definition) is 2. The number of carbonyl (C=O) groups is 1. The topological polar surface area (TPSA) is 64.3 Å². The smallest absolute Gasteiger partial charge is 0.243 e. The molecule has 0 spiro atoms. The van der Waals surface area contributed by atoms with Gasteiger partial charge in [-0.2, -0.15) is 0 Å². The van der Waals surface area contributed by atoms with Gasteiger partial charge in [0.25, 0.3) is 0 Å². The van der Waals surface area contributed by atoms with Crippen molar-refractivity contribution in [3.63, 3.8) is 0 Å². The molecule has 1 amide bonds. The van der Waals surface area contributed by atoms with Gasteiger partial charge in [-0.05, 0) is 6.08 Å². The van der Waals surface area contributed by atoms with E-state index in [1.54, 1.807) is 0 Å². The van der Waals surface area contributed by atoms with Gasteiger partial charge in [0, 0.05) is 13.1 Å². The molecule has 11 heavy (non-hydrogen) atoms. The summed E-state index contributed by atoms with van der Waals surface area (Å²) in [7, 11) is 0. The second-order valence-corrected chi connectivity index (χ2v) is 1.90. The molecule has 0 bridgehead atoms. The molecular weight excluding hydrogens is 144 g/mol. The molecule has 0 fully saturated rings. The molecule has 3 N–H and O–H groups in total. The molecule has 0 rings (SSSR count). The number of hydrogen-bond acceptors (Lipinski definition) is 3. The molecule has 0 aliphatic rings. The lowest BCUT2D eigenvalue weighted by Gasteiger charge is -2.02. The van der Waals surface area contributed by atoms with Crippen LogP contribution in [-0.4, -0.2) is 32.2 Å². The van der Waals surface area contributed by atoms with Crippen LogP contribution in [0.2, 0.25) is 0 Å². The lowest BCUT2D eigenvalue weighted by molar-refractivity contribution is -0.116. The second-order valence-electron chi connectivity index (χ2n) is 1.90. The first kappa shape index (κ1) is 10.1. The molecule has 0 aromatic heterocycles. The lowest BCUT2D eigenvalue weighted by atomic mass is 10.5. The van der Waals surface area contributed by atoms with Crippen LogP contribution in [0, 0.1) is 0 Å². The van der Waals surface area contributed by atoms with Crippen LogP contribution >= 0.6 is 0 Å². The predicted molar refractivity (Wildman–Crippen MR) is 43.1 cm³/mol. The van der Waals surface area contributed by atoms with E-state index in [0.717, 1.165) is 0 Å². The molecule has 0 aromatic rings. The highest BCUT2D eigenvalue weighted by molar-refractivity contribution is 5.86. The molecule has 0 aliphatic carbocycles. The minimum Gasteiger partial charge on any atom is -0.378 e. The molecule has 0 saturated heterocycles. The summed E-state index contributed by atoms with van der Waals surface area (Å²) in [5.41, 5.74) is 5.17. The van der Waals surface area contributed by atoms with Crippen LogP contribution in [-0.2, 0) is 9.53 Å². The van der Waals surface area contributed by atoms with Gasteiger partial charge in [0.05, 0.1) is 13.2 Å². The first-order chi connectivity index (χ1) is 5.31. The summed E-state index contributed by atoms with van der Waals surface area (Å²) in [5.74, 6) is -0.179. The van der Waals surface area contributed by atoms with E-state index in [9.17, 15) is 4.79 Å². The SMILES string of the molecule is C=CC(=O)NCCOCCN. The molecule has 0 atom stereocenters. The summed E-state index contributed by atoms with van der Waals surface area (Å²) in [6.07, 6.45) is 1.23. The molecule has 0 unspecified atom stereocenters. The third-order valence-electron chi connectivity index (χ3n) is 0.993. The summed E-state index contributed by atoms with van der Waals surface area (Å²) in [4.78, 5) is 10.5. The van der Waals surface area contributed by atoms with Gasteiger partial charge in [-0.3, -0.25) is 4.79 Å². The van der Waals surface area contributed by atoms with Crippen LogP contribution < -0.4 is 11.1 Å². The third kappa shape index (κ3) is 7.02. The van der Waals surface area contributed by atoms with Crippen LogP contribution in [0.25, 0.3) is 0 Å². The van der Waals surface area contributed by atoms with E-state index in [1.165, 1.54) is 6.08 Å². The summed E-state index contributed by atoms with van der Waals surface area (Å²) in [6.45, 7) is 5.35. The van der Waals surface area contributed by atoms with Gasteiger partial charge in [-0.25, -0.2) is 0 Å². The first-order valence-electron chi connectivity index (χ1n) is 3.49. The number of nitrogens with two attached hydrogens (primary N) is 1. The highest BCUT2D eigenvalue weighted by Gasteiger charge is 1.91. The quantitative estimate of drug-likeness (QED) is 0.395. The Morgan fingerprint density at radius 3 is 2.91 bits per heavy atom. The first-order valence-corrected chi connectivity index (χ1v) is 3.49. The summed E-state index contributed by atoms with van der Waals surface area (Å²) < 4.78 is 5.00. The highest BCUT2D eigenvalue weighted by atomic mass is 16.5.